The Morgan fingerprint density at radius 1 is 1.31 bits per heavy atom. The molecule has 2 heterocycles. The number of hydrogen-bond donors (Lipinski definition) is 2. The molecule has 2 aliphatic heterocycles. The fourth-order valence-electron chi connectivity index (χ4n) is 1.82. The molecule has 16 heavy (non-hydrogen) atoms. The molecule has 5 heteroatoms. The van der Waals surface area contributed by atoms with Gasteiger partial charge in [-0.15, -0.1) is 0 Å². The van der Waals surface area contributed by atoms with Crippen molar-refractivity contribution in [3.63, 3.8) is 0 Å². The van der Waals surface area contributed by atoms with Gasteiger partial charge in [-0.3, -0.25) is 0 Å². The minimum Gasteiger partial charge on any atom is -0.493 e. The Morgan fingerprint density at radius 3 is 2.94 bits per heavy atom. The second kappa shape index (κ2) is 5.63. The molecule has 2 rings (SSSR count). The van der Waals surface area contributed by atoms with E-state index in [1.54, 1.807) is 0 Å². The maximum Gasteiger partial charge on any atom is 0.157 e. The molecule has 1 saturated heterocycles. The van der Waals surface area contributed by atoms with Crippen molar-refractivity contribution in [2.75, 3.05) is 13.2 Å². The molecule has 4 atom stereocenters. The molecular weight excluding hydrogens is 212 g/mol. The minimum atomic E-state index is -0.936. The molecule has 1 fully saturated rings. The van der Waals surface area contributed by atoms with Gasteiger partial charge in [0.25, 0.3) is 0 Å². The molecule has 0 aliphatic carbocycles. The third kappa shape index (κ3) is 2.95. The van der Waals surface area contributed by atoms with Crippen molar-refractivity contribution >= 4 is 0 Å². The van der Waals surface area contributed by atoms with E-state index in [9.17, 15) is 10.2 Å². The molecule has 92 valence electrons. The normalized spacial score (nSPS) is 39.4. The van der Waals surface area contributed by atoms with Crippen LogP contribution < -0.4 is 0 Å². The van der Waals surface area contributed by atoms with Gasteiger partial charge >= 0.3 is 0 Å². The topological polar surface area (TPSA) is 68.2 Å². The van der Waals surface area contributed by atoms with Crippen molar-refractivity contribution in [3.05, 3.63) is 12.3 Å². The summed E-state index contributed by atoms with van der Waals surface area (Å²) < 4.78 is 16.1. The largest absolute Gasteiger partial charge is 0.493 e. The second-order valence-corrected chi connectivity index (χ2v) is 4.11. The van der Waals surface area contributed by atoms with Gasteiger partial charge in [0.1, 0.15) is 18.3 Å². The van der Waals surface area contributed by atoms with Gasteiger partial charge in [-0.1, -0.05) is 0 Å². The molecule has 5 nitrogen and oxygen atoms in total. The van der Waals surface area contributed by atoms with E-state index in [1.807, 2.05) is 0 Å². The summed E-state index contributed by atoms with van der Waals surface area (Å²) in [6.45, 7) is 0.953. The van der Waals surface area contributed by atoms with E-state index < -0.39 is 18.3 Å². The third-order valence-corrected chi connectivity index (χ3v) is 2.84. The molecule has 1 unspecified atom stereocenters. The number of ether oxygens (including phenoxy) is 3. The summed E-state index contributed by atoms with van der Waals surface area (Å²) >= 11 is 0. The molecule has 0 aromatic rings. The Hall–Kier alpha value is -0.620. The van der Waals surface area contributed by atoms with E-state index in [-0.39, 0.29) is 12.9 Å². The zero-order chi connectivity index (χ0) is 11.4. The van der Waals surface area contributed by atoms with Gasteiger partial charge in [0.15, 0.2) is 6.29 Å². The van der Waals surface area contributed by atoms with Crippen LogP contribution in [0.3, 0.4) is 0 Å². The zero-order valence-corrected chi connectivity index (χ0v) is 9.12. The summed E-state index contributed by atoms with van der Waals surface area (Å²) in [5, 5.41) is 19.0. The number of aliphatic hydroxyl groups excluding tert-OH is 2. The molecule has 0 aromatic heterocycles. The average Bonchev–Trinajstić information content (AvgIpc) is 2.32. The molecule has 0 saturated carbocycles. The molecule has 0 spiro atoms. The second-order valence-electron chi connectivity index (χ2n) is 4.11. The van der Waals surface area contributed by atoms with Crippen molar-refractivity contribution < 1.29 is 24.4 Å². The van der Waals surface area contributed by atoms with Gasteiger partial charge in [-0.25, -0.2) is 0 Å². The van der Waals surface area contributed by atoms with Crippen molar-refractivity contribution in [2.24, 2.45) is 0 Å². The fourth-order valence-corrected chi connectivity index (χ4v) is 1.82. The number of rotatable bonds is 3. The van der Waals surface area contributed by atoms with E-state index in [2.05, 4.69) is 0 Å². The van der Waals surface area contributed by atoms with Crippen molar-refractivity contribution in [1.82, 2.24) is 0 Å². The Kier molecular flexibility index (Phi) is 4.17. The van der Waals surface area contributed by atoms with Crippen LogP contribution in [0.15, 0.2) is 12.3 Å². The van der Waals surface area contributed by atoms with Gasteiger partial charge in [0, 0.05) is 6.61 Å². The van der Waals surface area contributed by atoms with Crippen LogP contribution in [-0.2, 0) is 14.2 Å². The Balaban J connectivity index is 1.74. The summed E-state index contributed by atoms with van der Waals surface area (Å²) in [7, 11) is 0. The Bertz CT molecular complexity index is 237. The summed E-state index contributed by atoms with van der Waals surface area (Å²) in [6.07, 6.45) is 3.32. The smallest absolute Gasteiger partial charge is 0.157 e. The van der Waals surface area contributed by atoms with Crippen LogP contribution in [0.25, 0.3) is 0 Å². The lowest BCUT2D eigenvalue weighted by Crippen LogP contribution is -2.43. The molecule has 2 N–H and O–H groups in total. The van der Waals surface area contributed by atoms with E-state index in [1.165, 1.54) is 12.3 Å². The molecule has 0 amide bonds. The van der Waals surface area contributed by atoms with Crippen LogP contribution in [0.2, 0.25) is 0 Å². The first kappa shape index (κ1) is 11.9. The van der Waals surface area contributed by atoms with E-state index in [0.29, 0.717) is 0 Å². The molecular formula is C11H18O5. The van der Waals surface area contributed by atoms with Crippen molar-refractivity contribution in [3.8, 4) is 0 Å². The van der Waals surface area contributed by atoms with E-state index >= 15 is 0 Å². The van der Waals surface area contributed by atoms with E-state index in [0.717, 1.165) is 25.9 Å². The summed E-state index contributed by atoms with van der Waals surface area (Å²) in [5.41, 5.74) is 0. The first-order valence-electron chi connectivity index (χ1n) is 5.69. The lowest BCUT2D eigenvalue weighted by Gasteiger charge is -2.30. The molecule has 0 bridgehead atoms. The van der Waals surface area contributed by atoms with Crippen LogP contribution in [0.5, 0.6) is 0 Å². The van der Waals surface area contributed by atoms with Crippen LogP contribution in [0, 0.1) is 0 Å². The van der Waals surface area contributed by atoms with Crippen LogP contribution >= 0.6 is 0 Å². The summed E-state index contributed by atoms with van der Waals surface area (Å²) in [6, 6.07) is 0. The van der Waals surface area contributed by atoms with Gasteiger partial charge in [0.05, 0.1) is 12.9 Å². The first-order chi connectivity index (χ1) is 7.77. The van der Waals surface area contributed by atoms with Crippen LogP contribution in [-0.4, -0.2) is 48.0 Å². The van der Waals surface area contributed by atoms with Gasteiger partial charge < -0.3 is 24.4 Å². The fraction of sp³-hybridized carbons (Fsp3) is 0.818. The Morgan fingerprint density at radius 2 is 2.19 bits per heavy atom. The van der Waals surface area contributed by atoms with Crippen molar-refractivity contribution in [1.29, 1.82) is 0 Å². The monoisotopic (exact) mass is 230 g/mol. The van der Waals surface area contributed by atoms with Gasteiger partial charge in [-0.05, 0) is 25.3 Å². The molecule has 0 radical (unpaired) electrons. The van der Waals surface area contributed by atoms with Crippen LogP contribution in [0.1, 0.15) is 19.3 Å². The molecule has 0 aromatic carbocycles. The third-order valence-electron chi connectivity index (χ3n) is 2.84. The predicted octanol–water partition coefficient (Wildman–Crippen LogP) is 0.164. The first-order valence-corrected chi connectivity index (χ1v) is 5.69. The van der Waals surface area contributed by atoms with Gasteiger partial charge in [0.2, 0.25) is 0 Å². The number of aliphatic hydroxyl groups is 2. The molecule has 2 aliphatic rings. The highest BCUT2D eigenvalue weighted by Crippen LogP contribution is 2.17. The zero-order valence-electron chi connectivity index (χ0n) is 9.12. The maximum absolute atomic E-state index is 9.62. The summed E-state index contributed by atoms with van der Waals surface area (Å²) in [5.74, 6) is 0. The quantitative estimate of drug-likeness (QED) is 0.723. The lowest BCUT2D eigenvalue weighted by atomic mass is 10.1. The SMILES string of the molecule is O[C@H]1[C@@H](O)C=CO[C@@H]1COC1CCCCO1. The summed E-state index contributed by atoms with van der Waals surface area (Å²) in [4.78, 5) is 0. The highest BCUT2D eigenvalue weighted by atomic mass is 16.7. The highest BCUT2D eigenvalue weighted by Gasteiger charge is 2.30. The lowest BCUT2D eigenvalue weighted by molar-refractivity contribution is -0.190. The minimum absolute atomic E-state index is 0.201. The van der Waals surface area contributed by atoms with Crippen molar-refractivity contribution in [2.45, 2.75) is 43.9 Å². The van der Waals surface area contributed by atoms with Gasteiger partial charge in [-0.2, -0.15) is 0 Å². The predicted molar refractivity (Wildman–Crippen MR) is 55.6 cm³/mol. The van der Waals surface area contributed by atoms with Crippen LogP contribution in [0.4, 0.5) is 0 Å². The maximum atomic E-state index is 9.62. The highest BCUT2D eigenvalue weighted by molar-refractivity contribution is 4.96. The number of hydrogen-bond acceptors (Lipinski definition) is 5. The average molecular weight is 230 g/mol. The Labute approximate surface area is 94.6 Å². The standard InChI is InChI=1S/C11H18O5/c12-8-4-6-14-9(11(8)13)7-16-10-3-1-2-5-15-10/h4,6,8-13H,1-3,5,7H2/t8-,9+,10?,11-/m0/s1. The van der Waals surface area contributed by atoms with E-state index in [4.69, 9.17) is 14.2 Å².